The normalized spacial score (nSPS) is 24.4. The minimum atomic E-state index is -4.38. The Labute approximate surface area is 246 Å². The third kappa shape index (κ3) is 5.48. The van der Waals surface area contributed by atoms with Crippen LogP contribution in [0.3, 0.4) is 0 Å². The van der Waals surface area contributed by atoms with E-state index in [2.05, 4.69) is 67.9 Å². The molecule has 5 rings (SSSR count). The van der Waals surface area contributed by atoms with E-state index < -0.39 is 33.8 Å². The third-order valence-corrected chi connectivity index (χ3v) is 13.3. The minimum Gasteiger partial charge on any atom is -0.358 e. The highest BCUT2D eigenvalue weighted by Crippen LogP contribution is 2.64. The highest BCUT2D eigenvalue weighted by atomic mass is 32.3. The van der Waals surface area contributed by atoms with Crippen LogP contribution in [0.15, 0.2) is 24.3 Å². The zero-order valence-corrected chi connectivity index (χ0v) is 27.3. The zero-order chi connectivity index (χ0) is 30.4. The van der Waals surface area contributed by atoms with Crippen molar-refractivity contribution in [2.75, 3.05) is 12.5 Å². The maximum atomic E-state index is 13.5. The van der Waals surface area contributed by atoms with Gasteiger partial charge in [-0.3, -0.25) is 4.98 Å². The van der Waals surface area contributed by atoms with Crippen molar-refractivity contribution < 1.29 is 22.1 Å². The van der Waals surface area contributed by atoms with Crippen molar-refractivity contribution in [3.8, 4) is 0 Å². The first-order valence-electron chi connectivity index (χ1n) is 15.0. The van der Waals surface area contributed by atoms with Crippen molar-refractivity contribution >= 4 is 10.3 Å². The van der Waals surface area contributed by atoms with Crippen molar-refractivity contribution in [3.63, 3.8) is 0 Å². The molecule has 1 fully saturated rings. The second-order valence-corrected chi connectivity index (χ2v) is 19.5. The standard InChI is InChI=1S/C34H48F3NO2S/c1-30(2,3)29-26-27(25-23(38-29)19-32(7,8)20-24(25)40-41(9,10)31(4,5)6)33(17-11-12-18-33)39-28(26)21-13-15-22(16-14-21)34(35,36)37/h13-16,24,28H,11-12,17-20H2,1-10H3. The van der Waals surface area contributed by atoms with Crippen molar-refractivity contribution in [3.05, 3.63) is 63.5 Å². The van der Waals surface area contributed by atoms with Crippen LogP contribution in [0, 0.1) is 5.41 Å². The van der Waals surface area contributed by atoms with E-state index in [1.807, 2.05) is 0 Å². The lowest BCUT2D eigenvalue weighted by molar-refractivity contribution is -0.137. The van der Waals surface area contributed by atoms with Gasteiger partial charge in [-0.15, -0.1) is 10.3 Å². The predicted molar refractivity (Wildman–Crippen MR) is 163 cm³/mol. The Morgan fingerprint density at radius 1 is 0.927 bits per heavy atom. The van der Waals surface area contributed by atoms with Crippen LogP contribution >= 0.6 is 10.3 Å². The summed E-state index contributed by atoms with van der Waals surface area (Å²) in [5, 5.41) is 0. The van der Waals surface area contributed by atoms with Gasteiger partial charge in [-0.2, -0.15) is 13.2 Å². The number of hydrogen-bond acceptors (Lipinski definition) is 3. The maximum absolute atomic E-state index is 13.5. The molecule has 7 heteroatoms. The van der Waals surface area contributed by atoms with Crippen molar-refractivity contribution in [2.24, 2.45) is 5.41 Å². The molecule has 0 amide bonds. The van der Waals surface area contributed by atoms with E-state index in [1.165, 1.54) is 23.3 Å². The van der Waals surface area contributed by atoms with E-state index in [9.17, 15) is 13.2 Å². The van der Waals surface area contributed by atoms with E-state index in [0.717, 1.165) is 61.0 Å². The molecule has 0 saturated heterocycles. The molecule has 2 unspecified atom stereocenters. The number of benzene rings is 1. The molecule has 2 aliphatic carbocycles. The highest BCUT2D eigenvalue weighted by molar-refractivity contribution is 8.29. The van der Waals surface area contributed by atoms with E-state index >= 15 is 0 Å². The first kappa shape index (κ1) is 30.9. The Bertz CT molecular complexity index is 1310. The lowest BCUT2D eigenvalue weighted by atomic mass is 9.69. The fourth-order valence-electron chi connectivity index (χ4n) is 6.85. The van der Waals surface area contributed by atoms with Gasteiger partial charge in [0.15, 0.2) is 0 Å². The highest BCUT2D eigenvalue weighted by Gasteiger charge is 2.54. The molecule has 228 valence electrons. The summed E-state index contributed by atoms with van der Waals surface area (Å²) in [5.74, 6) is 0. The average Bonchev–Trinajstić information content (AvgIpc) is 3.41. The van der Waals surface area contributed by atoms with E-state index in [1.54, 1.807) is 12.1 Å². The third-order valence-electron chi connectivity index (χ3n) is 9.61. The van der Waals surface area contributed by atoms with Crippen LogP contribution in [-0.4, -0.2) is 22.2 Å². The molecular weight excluding hydrogens is 543 g/mol. The van der Waals surface area contributed by atoms with Crippen LogP contribution in [0.2, 0.25) is 0 Å². The molecule has 1 aliphatic heterocycles. The summed E-state index contributed by atoms with van der Waals surface area (Å²) in [4.78, 5) is 5.45. The van der Waals surface area contributed by atoms with Crippen molar-refractivity contribution in [1.29, 1.82) is 0 Å². The van der Waals surface area contributed by atoms with Gasteiger partial charge >= 0.3 is 6.18 Å². The number of halogens is 3. The first-order chi connectivity index (χ1) is 18.7. The molecule has 0 radical (unpaired) electrons. The summed E-state index contributed by atoms with van der Waals surface area (Å²) < 4.78 is 54.7. The number of aromatic nitrogens is 1. The number of fused-ring (bicyclic) bond motifs is 4. The molecule has 41 heavy (non-hydrogen) atoms. The molecule has 2 aromatic rings. The second kappa shape index (κ2) is 9.72. The van der Waals surface area contributed by atoms with Gasteiger partial charge in [-0.1, -0.05) is 80.4 Å². The fourth-order valence-corrected chi connectivity index (χ4v) is 7.88. The number of pyridine rings is 1. The molecule has 3 aliphatic rings. The lowest BCUT2D eigenvalue weighted by Crippen LogP contribution is -2.35. The number of rotatable bonds is 3. The summed E-state index contributed by atoms with van der Waals surface area (Å²) in [6.45, 7) is 17.9. The minimum absolute atomic E-state index is 0.00101. The van der Waals surface area contributed by atoms with Gasteiger partial charge in [0, 0.05) is 27.0 Å². The zero-order valence-electron chi connectivity index (χ0n) is 26.5. The average molecular weight is 592 g/mol. The van der Waals surface area contributed by atoms with Gasteiger partial charge in [-0.05, 0) is 66.9 Å². The maximum Gasteiger partial charge on any atom is 0.416 e. The topological polar surface area (TPSA) is 31.4 Å². The molecule has 2 atom stereocenters. The Hall–Kier alpha value is -1.57. The van der Waals surface area contributed by atoms with Gasteiger partial charge in [0.25, 0.3) is 0 Å². The van der Waals surface area contributed by atoms with Gasteiger partial charge in [0.05, 0.1) is 23.0 Å². The molecule has 1 spiro atoms. The molecule has 0 N–H and O–H groups in total. The predicted octanol–water partition coefficient (Wildman–Crippen LogP) is 10.1. The summed E-state index contributed by atoms with van der Waals surface area (Å²) in [5.41, 5.74) is 5.01. The van der Waals surface area contributed by atoms with Crippen molar-refractivity contribution in [2.45, 2.75) is 128 Å². The van der Waals surface area contributed by atoms with Crippen LogP contribution in [-0.2, 0) is 32.5 Å². The van der Waals surface area contributed by atoms with Gasteiger partial charge in [-0.25, -0.2) is 0 Å². The van der Waals surface area contributed by atoms with E-state index in [0.29, 0.717) is 0 Å². The first-order valence-corrected chi connectivity index (χ1v) is 17.4. The number of nitrogens with zero attached hydrogens (tertiary/aromatic N) is 1. The van der Waals surface area contributed by atoms with Crippen LogP contribution in [0.5, 0.6) is 0 Å². The molecule has 3 nitrogen and oxygen atoms in total. The Balaban J connectivity index is 1.78. The quantitative estimate of drug-likeness (QED) is 0.356. The summed E-state index contributed by atoms with van der Waals surface area (Å²) >= 11 is 0. The molecule has 1 aromatic carbocycles. The summed E-state index contributed by atoms with van der Waals surface area (Å²) in [6.07, 6.45) is 5.28. The van der Waals surface area contributed by atoms with Crippen molar-refractivity contribution in [1.82, 2.24) is 4.98 Å². The summed E-state index contributed by atoms with van der Waals surface area (Å²) in [6, 6.07) is 5.57. The number of ether oxygens (including phenoxy) is 1. The van der Waals surface area contributed by atoms with Gasteiger partial charge < -0.3 is 8.92 Å². The molecule has 1 aromatic heterocycles. The number of alkyl halides is 3. The molecule has 2 heterocycles. The Morgan fingerprint density at radius 2 is 1.51 bits per heavy atom. The lowest BCUT2D eigenvalue weighted by Gasteiger charge is -2.49. The van der Waals surface area contributed by atoms with Crippen LogP contribution < -0.4 is 0 Å². The van der Waals surface area contributed by atoms with Crippen LogP contribution in [0.4, 0.5) is 13.2 Å². The fraction of sp³-hybridized carbons (Fsp3) is 0.676. The summed E-state index contributed by atoms with van der Waals surface area (Å²) in [7, 11) is -1.44. The van der Waals surface area contributed by atoms with Gasteiger partial charge in [0.1, 0.15) is 6.10 Å². The van der Waals surface area contributed by atoms with Crippen LogP contribution in [0.25, 0.3) is 0 Å². The van der Waals surface area contributed by atoms with E-state index in [4.69, 9.17) is 13.9 Å². The smallest absolute Gasteiger partial charge is 0.358 e. The number of hydrogen-bond donors (Lipinski definition) is 0. The van der Waals surface area contributed by atoms with Gasteiger partial charge in [0.2, 0.25) is 0 Å². The Morgan fingerprint density at radius 3 is 2.02 bits per heavy atom. The molecular formula is C34H48F3NO2S. The Kier molecular flexibility index (Phi) is 7.32. The van der Waals surface area contributed by atoms with E-state index in [-0.39, 0.29) is 21.7 Å². The molecule has 1 saturated carbocycles. The van der Waals surface area contributed by atoms with Crippen LogP contribution in [0.1, 0.15) is 139 Å². The second-order valence-electron chi connectivity index (χ2n) is 15.7. The monoisotopic (exact) mass is 591 g/mol. The SMILES string of the molecule is CC1(C)Cc2nc(C(C)(C)C)c3c(c2C(OS(C)(C)C(C)(C)C)C1)C1(CCCC1)OC3c1ccc(C(F)(F)F)cc1. The largest absolute Gasteiger partial charge is 0.416 e. The molecule has 0 bridgehead atoms.